The summed E-state index contributed by atoms with van der Waals surface area (Å²) in [4.78, 5) is 33.5. The van der Waals surface area contributed by atoms with E-state index in [0.29, 0.717) is 0 Å². The molecular weight excluding hydrogens is 284 g/mol. The summed E-state index contributed by atoms with van der Waals surface area (Å²) in [5, 5.41) is 0. The van der Waals surface area contributed by atoms with Crippen molar-refractivity contribution in [3.05, 3.63) is 0 Å². The normalized spacial score (nSPS) is 32.1. The lowest BCUT2D eigenvalue weighted by Gasteiger charge is -2.42. The molecule has 1 heterocycles. The molecule has 0 aromatic heterocycles. The molecule has 0 unspecified atom stereocenters. The van der Waals surface area contributed by atoms with E-state index in [2.05, 4.69) is 0 Å². The van der Waals surface area contributed by atoms with Crippen molar-refractivity contribution in [2.24, 2.45) is 0 Å². The Labute approximate surface area is 122 Å². The zero-order valence-corrected chi connectivity index (χ0v) is 12.7. The minimum atomic E-state index is -1.13. The van der Waals surface area contributed by atoms with Crippen molar-refractivity contribution in [3.63, 3.8) is 0 Å². The standard InChI is InChI=1S/C13H20O8/c1-6-10(19-7(2)14)11(17-5)12(20-8(3)15)13(18-6)21-9(4)16/h6,10-13H,1-5H3/t6-,10+,11-,12+,13+/m0/s1. The first-order chi connectivity index (χ1) is 9.76. The summed E-state index contributed by atoms with van der Waals surface area (Å²) < 4.78 is 26.0. The van der Waals surface area contributed by atoms with Crippen LogP contribution in [-0.4, -0.2) is 55.7 Å². The highest BCUT2D eigenvalue weighted by Crippen LogP contribution is 2.28. The van der Waals surface area contributed by atoms with Crippen LogP contribution >= 0.6 is 0 Å². The Morgan fingerprint density at radius 1 is 0.810 bits per heavy atom. The lowest BCUT2D eigenvalue weighted by Crippen LogP contribution is -2.60. The molecule has 0 radical (unpaired) electrons. The van der Waals surface area contributed by atoms with Gasteiger partial charge in [0.25, 0.3) is 0 Å². The van der Waals surface area contributed by atoms with Gasteiger partial charge >= 0.3 is 17.9 Å². The largest absolute Gasteiger partial charge is 0.457 e. The molecule has 5 atom stereocenters. The van der Waals surface area contributed by atoms with E-state index in [9.17, 15) is 14.4 Å². The predicted molar refractivity (Wildman–Crippen MR) is 68.0 cm³/mol. The van der Waals surface area contributed by atoms with Crippen molar-refractivity contribution in [3.8, 4) is 0 Å². The van der Waals surface area contributed by atoms with Crippen LogP contribution in [0.3, 0.4) is 0 Å². The maximum absolute atomic E-state index is 11.2. The molecule has 120 valence electrons. The van der Waals surface area contributed by atoms with Crippen LogP contribution in [0.2, 0.25) is 0 Å². The SMILES string of the molecule is CO[C@@H]1[C@@H](OC(C)=O)[C@@H](OC(C)=O)O[C@@H](C)[C@H]1OC(C)=O. The first kappa shape index (κ1) is 17.4. The number of carbonyl (C=O) groups excluding carboxylic acids is 3. The number of rotatable bonds is 4. The van der Waals surface area contributed by atoms with Gasteiger partial charge in [-0.1, -0.05) is 0 Å². The third-order valence-corrected chi connectivity index (χ3v) is 2.89. The predicted octanol–water partition coefficient (Wildman–Crippen LogP) is 0.173. The first-order valence-electron chi connectivity index (χ1n) is 6.46. The van der Waals surface area contributed by atoms with Gasteiger partial charge < -0.3 is 23.7 Å². The fourth-order valence-electron chi connectivity index (χ4n) is 2.17. The minimum absolute atomic E-state index is 0.523. The molecule has 0 spiro atoms. The fraction of sp³-hybridized carbons (Fsp3) is 0.769. The maximum Gasteiger partial charge on any atom is 0.305 e. The van der Waals surface area contributed by atoms with E-state index < -0.39 is 48.6 Å². The molecule has 0 aliphatic carbocycles. The van der Waals surface area contributed by atoms with E-state index >= 15 is 0 Å². The molecule has 0 saturated carbocycles. The van der Waals surface area contributed by atoms with Crippen molar-refractivity contribution in [1.29, 1.82) is 0 Å². The van der Waals surface area contributed by atoms with Gasteiger partial charge in [-0.15, -0.1) is 0 Å². The molecule has 1 rings (SSSR count). The summed E-state index contributed by atoms with van der Waals surface area (Å²) in [7, 11) is 1.38. The van der Waals surface area contributed by atoms with Gasteiger partial charge in [0.05, 0.1) is 6.10 Å². The molecule has 8 heteroatoms. The third-order valence-electron chi connectivity index (χ3n) is 2.89. The van der Waals surface area contributed by atoms with E-state index in [4.69, 9.17) is 23.7 Å². The molecule has 0 aromatic carbocycles. The molecule has 0 amide bonds. The van der Waals surface area contributed by atoms with Gasteiger partial charge in [0.15, 0.2) is 12.2 Å². The lowest BCUT2D eigenvalue weighted by molar-refractivity contribution is -0.293. The molecule has 0 N–H and O–H groups in total. The van der Waals surface area contributed by atoms with Crippen LogP contribution in [0.5, 0.6) is 0 Å². The Morgan fingerprint density at radius 3 is 1.71 bits per heavy atom. The molecule has 0 aromatic rings. The second kappa shape index (κ2) is 7.37. The smallest absolute Gasteiger partial charge is 0.305 e. The van der Waals surface area contributed by atoms with Crippen LogP contribution in [0.25, 0.3) is 0 Å². The number of carbonyl (C=O) groups is 3. The zero-order valence-electron chi connectivity index (χ0n) is 12.7. The van der Waals surface area contributed by atoms with Crippen LogP contribution in [0, 0.1) is 0 Å². The third kappa shape index (κ3) is 4.68. The molecule has 1 aliphatic heterocycles. The number of esters is 3. The highest BCUT2D eigenvalue weighted by molar-refractivity contribution is 5.67. The quantitative estimate of drug-likeness (QED) is 0.535. The van der Waals surface area contributed by atoms with Gasteiger partial charge in [-0.2, -0.15) is 0 Å². The topological polar surface area (TPSA) is 97.4 Å². The molecule has 21 heavy (non-hydrogen) atoms. The van der Waals surface area contributed by atoms with Crippen molar-refractivity contribution in [2.75, 3.05) is 7.11 Å². The Balaban J connectivity index is 3.02. The second-order valence-corrected chi connectivity index (χ2v) is 4.67. The van der Waals surface area contributed by atoms with E-state index in [1.165, 1.54) is 27.9 Å². The maximum atomic E-state index is 11.2. The van der Waals surface area contributed by atoms with Crippen molar-refractivity contribution in [2.45, 2.75) is 58.4 Å². The highest BCUT2D eigenvalue weighted by atomic mass is 16.7. The van der Waals surface area contributed by atoms with Crippen molar-refractivity contribution >= 4 is 17.9 Å². The summed E-state index contributed by atoms with van der Waals surface area (Å²) in [6.07, 6.45) is -4.36. The van der Waals surface area contributed by atoms with Gasteiger partial charge in [0.2, 0.25) is 6.29 Å². The lowest BCUT2D eigenvalue weighted by atomic mass is 9.99. The van der Waals surface area contributed by atoms with Gasteiger partial charge in [-0.3, -0.25) is 14.4 Å². The Hall–Kier alpha value is -1.67. The van der Waals surface area contributed by atoms with Gasteiger partial charge in [0, 0.05) is 27.9 Å². The van der Waals surface area contributed by atoms with Crippen molar-refractivity contribution in [1.82, 2.24) is 0 Å². The number of ether oxygens (including phenoxy) is 5. The number of hydrogen-bond donors (Lipinski definition) is 0. The van der Waals surface area contributed by atoms with E-state index in [-0.39, 0.29) is 0 Å². The van der Waals surface area contributed by atoms with Crippen LogP contribution in [0.15, 0.2) is 0 Å². The van der Waals surface area contributed by atoms with Gasteiger partial charge in [0.1, 0.15) is 6.10 Å². The van der Waals surface area contributed by atoms with E-state index in [1.807, 2.05) is 0 Å². The summed E-state index contributed by atoms with van der Waals surface area (Å²) in [6, 6.07) is 0. The van der Waals surface area contributed by atoms with Crippen molar-refractivity contribution < 1.29 is 38.1 Å². The van der Waals surface area contributed by atoms with Gasteiger partial charge in [-0.05, 0) is 6.92 Å². The molecule has 0 bridgehead atoms. The average molecular weight is 304 g/mol. The Bertz CT molecular complexity index is 407. The van der Waals surface area contributed by atoms with Crippen LogP contribution in [-0.2, 0) is 38.1 Å². The number of methoxy groups -OCH3 is 1. The molecule has 1 saturated heterocycles. The second-order valence-electron chi connectivity index (χ2n) is 4.67. The summed E-state index contributed by atoms with van der Waals surface area (Å²) in [5.74, 6) is -1.71. The molecule has 1 fully saturated rings. The average Bonchev–Trinajstić information content (AvgIpc) is 2.33. The number of hydrogen-bond acceptors (Lipinski definition) is 8. The van der Waals surface area contributed by atoms with Crippen LogP contribution in [0.1, 0.15) is 27.7 Å². The highest BCUT2D eigenvalue weighted by Gasteiger charge is 2.50. The molecule has 1 aliphatic rings. The summed E-state index contributed by atoms with van der Waals surface area (Å²) >= 11 is 0. The monoisotopic (exact) mass is 304 g/mol. The summed E-state index contributed by atoms with van der Waals surface area (Å²) in [5.41, 5.74) is 0. The van der Waals surface area contributed by atoms with E-state index in [0.717, 1.165) is 0 Å². The van der Waals surface area contributed by atoms with Crippen LogP contribution in [0.4, 0.5) is 0 Å². The van der Waals surface area contributed by atoms with Crippen LogP contribution < -0.4 is 0 Å². The Morgan fingerprint density at radius 2 is 1.29 bits per heavy atom. The van der Waals surface area contributed by atoms with Gasteiger partial charge in [-0.25, -0.2) is 0 Å². The first-order valence-corrected chi connectivity index (χ1v) is 6.46. The molecule has 8 nitrogen and oxygen atoms in total. The zero-order chi connectivity index (χ0) is 16.2. The summed E-state index contributed by atoms with van der Waals surface area (Å²) in [6.45, 7) is 5.30. The minimum Gasteiger partial charge on any atom is -0.457 e. The molecular formula is C13H20O8. The Kier molecular flexibility index (Phi) is 6.10. The fourth-order valence-corrected chi connectivity index (χ4v) is 2.17. The van der Waals surface area contributed by atoms with E-state index in [1.54, 1.807) is 6.92 Å².